The number of aliphatic carboxylic acids is 1. The molecule has 0 aliphatic carbocycles. The summed E-state index contributed by atoms with van der Waals surface area (Å²) in [6.07, 6.45) is 0.333. The molecule has 1 N–H and O–H groups in total. The van der Waals surface area contributed by atoms with Crippen molar-refractivity contribution in [3.63, 3.8) is 0 Å². The molecule has 2 aromatic rings. The van der Waals surface area contributed by atoms with Gasteiger partial charge < -0.3 is 5.11 Å². The van der Waals surface area contributed by atoms with Crippen molar-refractivity contribution in [3.05, 3.63) is 71.8 Å². The lowest BCUT2D eigenvalue weighted by atomic mass is 10.1. The molecule has 3 nitrogen and oxygen atoms in total. The summed E-state index contributed by atoms with van der Waals surface area (Å²) >= 11 is 0.862. The van der Waals surface area contributed by atoms with Gasteiger partial charge >= 0.3 is 5.97 Å². The second kappa shape index (κ2) is 6.91. The molecule has 2 aromatic carbocycles. The minimum atomic E-state index is -0.969. The van der Waals surface area contributed by atoms with Crippen LogP contribution in [0.25, 0.3) is 0 Å². The average Bonchev–Trinajstić information content (AvgIpc) is 2.48. The second-order valence-electron chi connectivity index (χ2n) is 4.29. The third-order valence-electron chi connectivity index (χ3n) is 2.80. The summed E-state index contributed by atoms with van der Waals surface area (Å²) in [5.41, 5.74) is 1.44. The van der Waals surface area contributed by atoms with E-state index in [2.05, 4.69) is 0 Å². The second-order valence-corrected chi connectivity index (χ2v) is 5.46. The van der Waals surface area contributed by atoms with E-state index in [0.717, 1.165) is 17.3 Å². The van der Waals surface area contributed by atoms with Crippen molar-refractivity contribution in [2.24, 2.45) is 0 Å². The van der Waals surface area contributed by atoms with Gasteiger partial charge in [0.05, 0.1) is 0 Å². The predicted octanol–water partition coefficient (Wildman–Crippen LogP) is 3.26. The van der Waals surface area contributed by atoms with Gasteiger partial charge in [0, 0.05) is 5.56 Å². The number of hydrogen-bond donors (Lipinski definition) is 1. The van der Waals surface area contributed by atoms with E-state index in [4.69, 9.17) is 0 Å². The molecule has 1 atom stereocenters. The largest absolute Gasteiger partial charge is 0.480 e. The Labute approximate surface area is 121 Å². The fourth-order valence-corrected chi connectivity index (χ4v) is 2.69. The van der Waals surface area contributed by atoms with Gasteiger partial charge in [-0.05, 0) is 12.0 Å². The molecule has 0 unspecified atom stereocenters. The number of benzene rings is 2. The highest BCUT2D eigenvalue weighted by Gasteiger charge is 2.23. The first-order chi connectivity index (χ1) is 9.66. The number of carboxylic acid groups (broad SMARTS) is 1. The maximum absolute atomic E-state index is 12.0. The highest BCUT2D eigenvalue weighted by Crippen LogP contribution is 2.21. The van der Waals surface area contributed by atoms with Crippen molar-refractivity contribution in [1.29, 1.82) is 0 Å². The van der Waals surface area contributed by atoms with Crippen LogP contribution in [0.15, 0.2) is 60.7 Å². The first-order valence-electron chi connectivity index (χ1n) is 6.19. The van der Waals surface area contributed by atoms with Gasteiger partial charge in [-0.25, -0.2) is 0 Å². The molecular weight excluding hydrogens is 272 g/mol. The Balaban J connectivity index is 2.07. The Kier molecular flexibility index (Phi) is 4.96. The Morgan fingerprint density at radius 2 is 1.50 bits per heavy atom. The smallest absolute Gasteiger partial charge is 0.317 e. The molecule has 0 heterocycles. The van der Waals surface area contributed by atoms with Crippen molar-refractivity contribution in [2.75, 3.05) is 0 Å². The number of carbonyl (C=O) groups excluding carboxylic acids is 1. The van der Waals surface area contributed by atoms with E-state index in [-0.39, 0.29) is 5.12 Å². The molecule has 0 saturated carbocycles. The maximum Gasteiger partial charge on any atom is 0.317 e. The van der Waals surface area contributed by atoms with Gasteiger partial charge in [0.1, 0.15) is 5.25 Å². The van der Waals surface area contributed by atoms with E-state index in [9.17, 15) is 14.7 Å². The third kappa shape index (κ3) is 3.96. The fraction of sp³-hybridized carbons (Fsp3) is 0.125. The zero-order chi connectivity index (χ0) is 14.4. The van der Waals surface area contributed by atoms with Gasteiger partial charge in [-0.15, -0.1) is 0 Å². The molecule has 0 aromatic heterocycles. The lowest BCUT2D eigenvalue weighted by Crippen LogP contribution is -2.21. The molecule has 0 radical (unpaired) electrons. The van der Waals surface area contributed by atoms with Crippen LogP contribution in [-0.4, -0.2) is 21.4 Å². The first kappa shape index (κ1) is 14.3. The molecule has 0 spiro atoms. The number of rotatable bonds is 5. The number of carbonyl (C=O) groups is 2. The lowest BCUT2D eigenvalue weighted by molar-refractivity contribution is -0.136. The number of hydrogen-bond acceptors (Lipinski definition) is 3. The molecule has 0 aliphatic heterocycles. The summed E-state index contributed by atoms with van der Waals surface area (Å²) in [6.45, 7) is 0. The predicted molar refractivity (Wildman–Crippen MR) is 79.9 cm³/mol. The summed E-state index contributed by atoms with van der Waals surface area (Å²) in [5, 5.41) is 8.27. The highest BCUT2D eigenvalue weighted by atomic mass is 32.2. The molecule has 102 valence electrons. The van der Waals surface area contributed by atoms with Crippen LogP contribution in [-0.2, 0) is 11.2 Å². The van der Waals surface area contributed by atoms with Gasteiger partial charge in [0.2, 0.25) is 5.12 Å². The fourth-order valence-electron chi connectivity index (χ4n) is 1.78. The maximum atomic E-state index is 12.0. The molecule has 20 heavy (non-hydrogen) atoms. The molecular formula is C16H14O3S. The van der Waals surface area contributed by atoms with Gasteiger partial charge in [-0.1, -0.05) is 72.4 Å². The monoisotopic (exact) mass is 286 g/mol. The molecule has 0 bridgehead atoms. The SMILES string of the molecule is O=C(S[C@H](Cc1ccccc1)C(=O)O)c1ccccc1. The normalized spacial score (nSPS) is 11.8. The summed E-state index contributed by atoms with van der Waals surface area (Å²) in [4.78, 5) is 23.3. The Morgan fingerprint density at radius 1 is 0.950 bits per heavy atom. The van der Waals surface area contributed by atoms with Gasteiger partial charge in [0.25, 0.3) is 0 Å². The quantitative estimate of drug-likeness (QED) is 0.916. The summed E-state index contributed by atoms with van der Waals surface area (Å²) < 4.78 is 0. The van der Waals surface area contributed by atoms with Crippen molar-refractivity contribution < 1.29 is 14.7 Å². The first-order valence-corrected chi connectivity index (χ1v) is 7.07. The minimum absolute atomic E-state index is 0.214. The van der Waals surface area contributed by atoms with Crippen LogP contribution >= 0.6 is 11.8 Å². The Morgan fingerprint density at radius 3 is 2.05 bits per heavy atom. The minimum Gasteiger partial charge on any atom is -0.480 e. The average molecular weight is 286 g/mol. The summed E-state index contributed by atoms with van der Waals surface area (Å²) in [7, 11) is 0. The van der Waals surface area contributed by atoms with E-state index < -0.39 is 11.2 Å². The topological polar surface area (TPSA) is 54.4 Å². The summed E-state index contributed by atoms with van der Waals surface area (Å²) in [6, 6.07) is 18.1. The standard InChI is InChI=1S/C16H14O3S/c17-15(18)14(11-12-7-3-1-4-8-12)20-16(19)13-9-5-2-6-10-13/h1-10,14H,11H2,(H,17,18)/t14-/m1/s1. The molecule has 0 fully saturated rings. The van der Waals surface area contributed by atoms with E-state index in [1.54, 1.807) is 24.3 Å². The van der Waals surface area contributed by atoms with Crippen LogP contribution in [0.2, 0.25) is 0 Å². The van der Waals surface area contributed by atoms with Crippen LogP contribution in [0, 0.1) is 0 Å². The molecule has 0 amide bonds. The lowest BCUT2D eigenvalue weighted by Gasteiger charge is -2.11. The van der Waals surface area contributed by atoms with Crippen molar-refractivity contribution in [2.45, 2.75) is 11.7 Å². The Hall–Kier alpha value is -2.07. The van der Waals surface area contributed by atoms with E-state index in [1.807, 2.05) is 36.4 Å². The van der Waals surface area contributed by atoms with Crippen molar-refractivity contribution in [1.82, 2.24) is 0 Å². The number of thioether (sulfide) groups is 1. The van der Waals surface area contributed by atoms with Gasteiger partial charge in [0.15, 0.2) is 0 Å². The molecule has 2 rings (SSSR count). The van der Waals surface area contributed by atoms with Gasteiger partial charge in [-0.2, -0.15) is 0 Å². The molecule has 0 saturated heterocycles. The number of carboxylic acids is 1. The van der Waals surface area contributed by atoms with E-state index in [1.165, 1.54) is 0 Å². The van der Waals surface area contributed by atoms with Crippen LogP contribution in [0.1, 0.15) is 15.9 Å². The van der Waals surface area contributed by atoms with Crippen LogP contribution in [0.5, 0.6) is 0 Å². The third-order valence-corrected chi connectivity index (χ3v) is 3.90. The van der Waals surface area contributed by atoms with Crippen molar-refractivity contribution in [3.8, 4) is 0 Å². The van der Waals surface area contributed by atoms with Crippen LogP contribution in [0.4, 0.5) is 0 Å². The Bertz CT molecular complexity index is 581. The zero-order valence-electron chi connectivity index (χ0n) is 10.7. The van der Waals surface area contributed by atoms with Crippen molar-refractivity contribution >= 4 is 22.8 Å². The van der Waals surface area contributed by atoms with Crippen LogP contribution in [0.3, 0.4) is 0 Å². The summed E-state index contributed by atoms with van der Waals surface area (Å²) in [5.74, 6) is -0.969. The molecule has 0 aliphatic rings. The highest BCUT2D eigenvalue weighted by molar-refractivity contribution is 8.15. The van der Waals surface area contributed by atoms with E-state index in [0.29, 0.717) is 12.0 Å². The van der Waals surface area contributed by atoms with E-state index >= 15 is 0 Å². The van der Waals surface area contributed by atoms with Crippen LogP contribution < -0.4 is 0 Å². The molecule has 4 heteroatoms. The zero-order valence-corrected chi connectivity index (χ0v) is 11.5. The van der Waals surface area contributed by atoms with Gasteiger partial charge in [-0.3, -0.25) is 9.59 Å².